The Hall–Kier alpha value is -1.02. The summed E-state index contributed by atoms with van der Waals surface area (Å²) in [6.45, 7) is 2.05. The second kappa shape index (κ2) is 5.66. The van der Waals surface area contributed by atoms with E-state index in [1.807, 2.05) is 6.92 Å². The molecule has 14 heavy (non-hydrogen) atoms. The van der Waals surface area contributed by atoms with E-state index in [0.717, 1.165) is 19.1 Å². The number of rotatable bonds is 5. The third-order valence-corrected chi connectivity index (χ3v) is 2.10. The molecule has 1 aromatic rings. The van der Waals surface area contributed by atoms with Gasteiger partial charge in [0.25, 0.3) is 0 Å². The fourth-order valence-electron chi connectivity index (χ4n) is 1.06. The molecule has 1 aromatic carbocycles. The van der Waals surface area contributed by atoms with E-state index in [0.29, 0.717) is 11.3 Å². The van der Waals surface area contributed by atoms with E-state index in [9.17, 15) is 4.79 Å². The van der Waals surface area contributed by atoms with Crippen molar-refractivity contribution in [2.45, 2.75) is 25.3 Å². The molecule has 0 aromatic heterocycles. The van der Waals surface area contributed by atoms with Crippen molar-refractivity contribution < 1.29 is 9.53 Å². The Kier molecular flexibility index (Phi) is 4.47. The van der Waals surface area contributed by atoms with Gasteiger partial charge < -0.3 is 4.74 Å². The summed E-state index contributed by atoms with van der Waals surface area (Å²) >= 11 is 5.90. The molecule has 0 saturated heterocycles. The lowest BCUT2D eigenvalue weighted by Gasteiger charge is -2.11. The second-order valence-corrected chi connectivity index (χ2v) is 3.49. The molecule has 1 atom stereocenters. The molecule has 0 heterocycles. The molecule has 1 rings (SSSR count). The molecule has 0 radical (unpaired) electrons. The van der Waals surface area contributed by atoms with Crippen LogP contribution in [0.15, 0.2) is 24.3 Å². The lowest BCUT2D eigenvalue weighted by Crippen LogP contribution is -2.07. The summed E-state index contributed by atoms with van der Waals surface area (Å²) in [5.74, 6) is 0.698. The zero-order valence-corrected chi connectivity index (χ0v) is 8.83. The topological polar surface area (TPSA) is 26.3 Å². The Balaban J connectivity index is 2.55. The first-order valence-electron chi connectivity index (χ1n) is 4.62. The molecule has 0 aliphatic carbocycles. The van der Waals surface area contributed by atoms with Crippen molar-refractivity contribution in [2.24, 2.45) is 0 Å². The van der Waals surface area contributed by atoms with Crippen LogP contribution in [-0.4, -0.2) is 11.8 Å². The Morgan fingerprint density at radius 1 is 1.43 bits per heavy atom. The van der Waals surface area contributed by atoms with Crippen molar-refractivity contribution in [2.75, 3.05) is 0 Å². The molecule has 0 saturated carbocycles. The summed E-state index contributed by atoms with van der Waals surface area (Å²) in [6, 6.07) is 6.90. The summed E-state index contributed by atoms with van der Waals surface area (Å²) in [4.78, 5) is 10.4. The van der Waals surface area contributed by atoms with E-state index in [1.54, 1.807) is 24.3 Å². The van der Waals surface area contributed by atoms with Crippen LogP contribution in [0.4, 0.5) is 0 Å². The molecule has 0 amide bonds. The highest BCUT2D eigenvalue weighted by molar-refractivity contribution is 6.19. The Bertz CT molecular complexity index is 282. The van der Waals surface area contributed by atoms with Crippen LogP contribution in [0, 0.1) is 0 Å². The minimum absolute atomic E-state index is 0.290. The number of hydrogen-bond acceptors (Lipinski definition) is 2. The first kappa shape index (κ1) is 11.1. The van der Waals surface area contributed by atoms with Gasteiger partial charge in [-0.2, -0.15) is 0 Å². The van der Waals surface area contributed by atoms with Crippen LogP contribution < -0.4 is 4.74 Å². The molecule has 2 nitrogen and oxygen atoms in total. The maximum absolute atomic E-state index is 10.4. The predicted octanol–water partition coefficient (Wildman–Crippen LogP) is 3.24. The quantitative estimate of drug-likeness (QED) is 0.553. The largest absolute Gasteiger partial charge is 0.475 e. The molecule has 1 unspecified atom stereocenters. The molecule has 0 bridgehead atoms. The number of carbonyl (C=O) groups is 1. The molecule has 0 aliphatic rings. The first-order chi connectivity index (χ1) is 6.76. The Morgan fingerprint density at radius 3 is 2.57 bits per heavy atom. The van der Waals surface area contributed by atoms with Gasteiger partial charge in [-0.05, 0) is 30.7 Å². The Morgan fingerprint density at radius 2 is 2.07 bits per heavy atom. The zero-order chi connectivity index (χ0) is 10.4. The third-order valence-electron chi connectivity index (χ3n) is 1.80. The standard InChI is InChI=1S/C11H13ClO2/c1-2-3-11(12)14-10-6-4-9(8-13)5-7-10/h4-8,11H,2-3H2,1H3. The van der Waals surface area contributed by atoms with Gasteiger partial charge in [0.1, 0.15) is 12.0 Å². The maximum Gasteiger partial charge on any atom is 0.172 e. The third kappa shape index (κ3) is 3.38. The molecule has 3 heteroatoms. The molecule has 0 N–H and O–H groups in total. The first-order valence-corrected chi connectivity index (χ1v) is 5.06. The van der Waals surface area contributed by atoms with Gasteiger partial charge in [-0.1, -0.05) is 24.9 Å². The lowest BCUT2D eigenvalue weighted by atomic mass is 10.2. The summed E-state index contributed by atoms with van der Waals surface area (Å²) in [6.07, 6.45) is 2.60. The van der Waals surface area contributed by atoms with Gasteiger partial charge in [0, 0.05) is 5.56 Å². The van der Waals surface area contributed by atoms with Gasteiger partial charge in [0.05, 0.1) is 0 Å². The van der Waals surface area contributed by atoms with Crippen LogP contribution in [0.25, 0.3) is 0 Å². The summed E-state index contributed by atoms with van der Waals surface area (Å²) in [7, 11) is 0. The second-order valence-electron chi connectivity index (χ2n) is 3.00. The van der Waals surface area contributed by atoms with E-state index in [-0.39, 0.29) is 5.56 Å². The highest BCUT2D eigenvalue weighted by atomic mass is 35.5. The minimum Gasteiger partial charge on any atom is -0.475 e. The zero-order valence-electron chi connectivity index (χ0n) is 8.07. The average Bonchev–Trinajstić information content (AvgIpc) is 2.19. The van der Waals surface area contributed by atoms with E-state index in [4.69, 9.17) is 16.3 Å². The molecule has 0 spiro atoms. The summed E-state index contributed by atoms with van der Waals surface area (Å²) in [5, 5.41) is 0. The number of aldehydes is 1. The Labute approximate surface area is 88.8 Å². The van der Waals surface area contributed by atoms with Gasteiger partial charge in [-0.3, -0.25) is 4.79 Å². The van der Waals surface area contributed by atoms with E-state index >= 15 is 0 Å². The van der Waals surface area contributed by atoms with Gasteiger partial charge in [-0.15, -0.1) is 0 Å². The number of hydrogen-bond donors (Lipinski definition) is 0. The van der Waals surface area contributed by atoms with Crippen LogP contribution >= 0.6 is 11.6 Å². The fourth-order valence-corrected chi connectivity index (χ4v) is 1.38. The molecule has 76 valence electrons. The maximum atomic E-state index is 10.4. The summed E-state index contributed by atoms with van der Waals surface area (Å²) < 4.78 is 5.40. The highest BCUT2D eigenvalue weighted by Crippen LogP contribution is 2.16. The number of ether oxygens (including phenoxy) is 1. The lowest BCUT2D eigenvalue weighted by molar-refractivity contribution is 0.112. The van der Waals surface area contributed by atoms with Crippen molar-refractivity contribution in [3.05, 3.63) is 29.8 Å². The van der Waals surface area contributed by atoms with E-state index < -0.39 is 0 Å². The van der Waals surface area contributed by atoms with Crippen LogP contribution in [-0.2, 0) is 0 Å². The smallest absolute Gasteiger partial charge is 0.172 e. The normalized spacial score (nSPS) is 12.1. The van der Waals surface area contributed by atoms with Crippen molar-refractivity contribution in [1.82, 2.24) is 0 Å². The predicted molar refractivity (Wildman–Crippen MR) is 57.0 cm³/mol. The van der Waals surface area contributed by atoms with Gasteiger partial charge in [-0.25, -0.2) is 0 Å². The molecular formula is C11H13ClO2. The molecule has 0 aliphatic heterocycles. The van der Waals surface area contributed by atoms with Gasteiger partial charge in [0.15, 0.2) is 5.56 Å². The number of alkyl halides is 1. The SMILES string of the molecule is CCCC(Cl)Oc1ccc(C=O)cc1. The average molecular weight is 213 g/mol. The molecular weight excluding hydrogens is 200 g/mol. The van der Waals surface area contributed by atoms with Crippen molar-refractivity contribution >= 4 is 17.9 Å². The van der Waals surface area contributed by atoms with Crippen LogP contribution in [0.1, 0.15) is 30.1 Å². The fraction of sp³-hybridized carbons (Fsp3) is 0.364. The molecule has 0 fully saturated rings. The van der Waals surface area contributed by atoms with Crippen LogP contribution in [0.5, 0.6) is 5.75 Å². The van der Waals surface area contributed by atoms with Gasteiger partial charge >= 0.3 is 0 Å². The number of halogens is 1. The van der Waals surface area contributed by atoms with Crippen molar-refractivity contribution in [3.63, 3.8) is 0 Å². The highest BCUT2D eigenvalue weighted by Gasteiger charge is 2.04. The summed E-state index contributed by atoms with van der Waals surface area (Å²) in [5.41, 5.74) is 0.348. The number of benzene rings is 1. The number of carbonyl (C=O) groups excluding carboxylic acids is 1. The van der Waals surface area contributed by atoms with Crippen LogP contribution in [0.3, 0.4) is 0 Å². The van der Waals surface area contributed by atoms with E-state index in [1.165, 1.54) is 0 Å². The van der Waals surface area contributed by atoms with Crippen molar-refractivity contribution in [1.29, 1.82) is 0 Å². The van der Waals surface area contributed by atoms with E-state index in [2.05, 4.69) is 0 Å². The monoisotopic (exact) mass is 212 g/mol. The van der Waals surface area contributed by atoms with Crippen LogP contribution in [0.2, 0.25) is 0 Å². The minimum atomic E-state index is -0.290. The van der Waals surface area contributed by atoms with Gasteiger partial charge in [0.2, 0.25) is 0 Å². The van der Waals surface area contributed by atoms with Crippen molar-refractivity contribution in [3.8, 4) is 5.75 Å².